The highest BCUT2D eigenvalue weighted by Gasteiger charge is 2.30. The van der Waals surface area contributed by atoms with Crippen LogP contribution in [0.15, 0.2) is 0 Å². The molecular formula is C8H16F3NO. The number of halogens is 3. The van der Waals surface area contributed by atoms with Crippen LogP contribution in [0.1, 0.15) is 13.8 Å². The van der Waals surface area contributed by atoms with Crippen LogP contribution in [-0.4, -0.2) is 42.4 Å². The Balaban J connectivity index is 3.94. The minimum absolute atomic E-state index is 0.0810. The maximum Gasteiger partial charge on any atom is 0.401 e. The summed E-state index contributed by atoms with van der Waals surface area (Å²) in [7, 11) is 0. The first-order valence-electron chi connectivity index (χ1n) is 4.25. The van der Waals surface area contributed by atoms with Crippen molar-refractivity contribution in [2.45, 2.75) is 20.0 Å². The van der Waals surface area contributed by atoms with E-state index in [0.29, 0.717) is 6.54 Å². The van der Waals surface area contributed by atoms with Crippen molar-refractivity contribution in [2.24, 2.45) is 5.92 Å². The van der Waals surface area contributed by atoms with Crippen LogP contribution in [-0.2, 0) is 0 Å². The van der Waals surface area contributed by atoms with Gasteiger partial charge in [0.25, 0.3) is 0 Å². The van der Waals surface area contributed by atoms with Crippen LogP contribution in [0, 0.1) is 5.92 Å². The summed E-state index contributed by atoms with van der Waals surface area (Å²) < 4.78 is 35.9. The van der Waals surface area contributed by atoms with E-state index in [1.54, 1.807) is 0 Å². The first kappa shape index (κ1) is 12.7. The van der Waals surface area contributed by atoms with Crippen LogP contribution >= 0.6 is 0 Å². The van der Waals surface area contributed by atoms with Crippen molar-refractivity contribution in [3.63, 3.8) is 0 Å². The molecule has 0 atom stereocenters. The Labute approximate surface area is 76.3 Å². The summed E-state index contributed by atoms with van der Waals surface area (Å²) in [6.07, 6.45) is -4.18. The monoisotopic (exact) mass is 199 g/mol. The lowest BCUT2D eigenvalue weighted by Gasteiger charge is -2.24. The van der Waals surface area contributed by atoms with E-state index in [1.807, 2.05) is 13.8 Å². The molecule has 0 bridgehead atoms. The third-order valence-electron chi connectivity index (χ3n) is 1.44. The molecule has 1 N–H and O–H groups in total. The molecular weight excluding hydrogens is 183 g/mol. The van der Waals surface area contributed by atoms with Gasteiger partial charge in [0.1, 0.15) is 0 Å². The molecule has 0 heterocycles. The third-order valence-corrected chi connectivity index (χ3v) is 1.44. The van der Waals surface area contributed by atoms with E-state index in [2.05, 4.69) is 0 Å². The Bertz CT molecular complexity index is 136. The molecule has 0 aliphatic carbocycles. The average molecular weight is 199 g/mol. The zero-order valence-electron chi connectivity index (χ0n) is 7.93. The van der Waals surface area contributed by atoms with E-state index in [1.165, 1.54) is 4.90 Å². The summed E-state index contributed by atoms with van der Waals surface area (Å²) in [4.78, 5) is 1.21. The molecule has 13 heavy (non-hydrogen) atoms. The van der Waals surface area contributed by atoms with E-state index >= 15 is 0 Å². The Hall–Kier alpha value is -0.290. The van der Waals surface area contributed by atoms with Crippen molar-refractivity contribution in [3.05, 3.63) is 0 Å². The Morgan fingerprint density at radius 2 is 1.85 bits per heavy atom. The van der Waals surface area contributed by atoms with Gasteiger partial charge in [0.15, 0.2) is 0 Å². The van der Waals surface area contributed by atoms with Crippen LogP contribution in [0.5, 0.6) is 0 Å². The number of rotatable bonds is 5. The summed E-state index contributed by atoms with van der Waals surface area (Å²) in [6, 6.07) is 0. The van der Waals surface area contributed by atoms with E-state index in [4.69, 9.17) is 5.11 Å². The lowest BCUT2D eigenvalue weighted by atomic mass is 10.2. The van der Waals surface area contributed by atoms with Gasteiger partial charge in [-0.3, -0.25) is 4.90 Å². The van der Waals surface area contributed by atoms with Crippen LogP contribution in [0.4, 0.5) is 13.2 Å². The Morgan fingerprint density at radius 1 is 1.31 bits per heavy atom. The number of aliphatic hydroxyl groups excluding tert-OH is 1. The zero-order chi connectivity index (χ0) is 10.5. The molecule has 0 aromatic rings. The minimum Gasteiger partial charge on any atom is -0.395 e. The van der Waals surface area contributed by atoms with Gasteiger partial charge in [-0.05, 0) is 5.92 Å². The molecule has 0 radical (unpaired) electrons. The number of aliphatic hydroxyl groups is 1. The second-order valence-corrected chi connectivity index (χ2v) is 3.47. The van der Waals surface area contributed by atoms with Crippen LogP contribution in [0.2, 0.25) is 0 Å². The fourth-order valence-electron chi connectivity index (χ4n) is 1.15. The van der Waals surface area contributed by atoms with Crippen molar-refractivity contribution in [2.75, 3.05) is 26.2 Å². The number of hydrogen-bond acceptors (Lipinski definition) is 2. The molecule has 0 amide bonds. The van der Waals surface area contributed by atoms with Crippen molar-refractivity contribution >= 4 is 0 Å². The molecule has 0 saturated carbocycles. The second kappa shape index (κ2) is 5.44. The largest absolute Gasteiger partial charge is 0.401 e. The summed E-state index contributed by atoms with van der Waals surface area (Å²) in [5.41, 5.74) is 0. The predicted molar refractivity (Wildman–Crippen MR) is 44.4 cm³/mol. The molecule has 0 rings (SSSR count). The normalized spacial score (nSPS) is 12.9. The molecule has 2 nitrogen and oxygen atoms in total. The number of alkyl halides is 3. The second-order valence-electron chi connectivity index (χ2n) is 3.47. The SMILES string of the molecule is CC(C)CN(CCO)CC(F)(F)F. The minimum atomic E-state index is -4.18. The molecule has 0 aliphatic heterocycles. The van der Waals surface area contributed by atoms with Crippen molar-refractivity contribution in [1.82, 2.24) is 4.90 Å². The first-order chi connectivity index (χ1) is 5.85. The fourth-order valence-corrected chi connectivity index (χ4v) is 1.15. The van der Waals surface area contributed by atoms with Gasteiger partial charge in [-0.1, -0.05) is 13.8 Å². The zero-order valence-corrected chi connectivity index (χ0v) is 7.93. The van der Waals surface area contributed by atoms with Crippen LogP contribution in [0.3, 0.4) is 0 Å². The van der Waals surface area contributed by atoms with Gasteiger partial charge in [0, 0.05) is 13.1 Å². The topological polar surface area (TPSA) is 23.5 Å². The summed E-state index contributed by atoms with van der Waals surface area (Å²) in [6.45, 7) is 2.97. The predicted octanol–water partition coefficient (Wildman–Crippen LogP) is 1.50. The van der Waals surface area contributed by atoms with Gasteiger partial charge >= 0.3 is 6.18 Å². The highest BCUT2D eigenvalue weighted by Crippen LogP contribution is 2.16. The highest BCUT2D eigenvalue weighted by molar-refractivity contribution is 4.64. The molecule has 0 spiro atoms. The molecule has 0 unspecified atom stereocenters. The fraction of sp³-hybridized carbons (Fsp3) is 1.00. The highest BCUT2D eigenvalue weighted by atomic mass is 19.4. The molecule has 0 saturated heterocycles. The lowest BCUT2D eigenvalue weighted by molar-refractivity contribution is -0.147. The average Bonchev–Trinajstić information content (AvgIpc) is 1.81. The van der Waals surface area contributed by atoms with Gasteiger partial charge in [-0.15, -0.1) is 0 Å². The molecule has 0 fully saturated rings. The molecule has 5 heteroatoms. The summed E-state index contributed by atoms with van der Waals surface area (Å²) in [5, 5.41) is 8.54. The van der Waals surface area contributed by atoms with Gasteiger partial charge < -0.3 is 5.11 Å². The van der Waals surface area contributed by atoms with Crippen molar-refractivity contribution in [1.29, 1.82) is 0 Å². The van der Waals surface area contributed by atoms with E-state index in [-0.39, 0.29) is 19.1 Å². The van der Waals surface area contributed by atoms with Gasteiger partial charge in [0.05, 0.1) is 13.2 Å². The van der Waals surface area contributed by atoms with E-state index < -0.39 is 12.7 Å². The van der Waals surface area contributed by atoms with Crippen LogP contribution < -0.4 is 0 Å². The van der Waals surface area contributed by atoms with Gasteiger partial charge in [-0.2, -0.15) is 13.2 Å². The van der Waals surface area contributed by atoms with E-state index in [9.17, 15) is 13.2 Å². The summed E-state index contributed by atoms with van der Waals surface area (Å²) >= 11 is 0. The third kappa shape index (κ3) is 8.05. The lowest BCUT2D eigenvalue weighted by Crippen LogP contribution is -2.38. The molecule has 80 valence electrons. The maximum atomic E-state index is 12.0. The first-order valence-corrected chi connectivity index (χ1v) is 4.25. The summed E-state index contributed by atoms with van der Waals surface area (Å²) in [5.74, 6) is 0.175. The van der Waals surface area contributed by atoms with Crippen molar-refractivity contribution in [3.8, 4) is 0 Å². The Morgan fingerprint density at radius 3 is 2.15 bits per heavy atom. The van der Waals surface area contributed by atoms with Gasteiger partial charge in [-0.25, -0.2) is 0 Å². The number of nitrogens with zero attached hydrogens (tertiary/aromatic N) is 1. The smallest absolute Gasteiger partial charge is 0.395 e. The maximum absolute atomic E-state index is 12.0. The van der Waals surface area contributed by atoms with Crippen LogP contribution in [0.25, 0.3) is 0 Å². The number of hydrogen-bond donors (Lipinski definition) is 1. The Kier molecular flexibility index (Phi) is 5.32. The van der Waals surface area contributed by atoms with Gasteiger partial charge in [0.2, 0.25) is 0 Å². The van der Waals surface area contributed by atoms with Crippen molar-refractivity contribution < 1.29 is 18.3 Å². The standard InChI is InChI=1S/C8H16F3NO/c1-7(2)5-12(3-4-13)6-8(9,10)11/h7,13H,3-6H2,1-2H3. The quantitative estimate of drug-likeness (QED) is 0.725. The molecule has 0 aromatic carbocycles. The van der Waals surface area contributed by atoms with E-state index in [0.717, 1.165) is 0 Å². The molecule has 0 aliphatic rings. The molecule has 0 aromatic heterocycles.